The summed E-state index contributed by atoms with van der Waals surface area (Å²) in [4.78, 5) is 8.45. The molecule has 0 saturated carbocycles. The molecule has 0 unspecified atom stereocenters. The number of sulfonamides is 1. The maximum Gasteiger partial charge on any atom is 0.573 e. The van der Waals surface area contributed by atoms with Gasteiger partial charge in [0, 0.05) is 30.5 Å². The highest BCUT2D eigenvalue weighted by molar-refractivity contribution is 7.89. The number of aromatic nitrogens is 2. The van der Waals surface area contributed by atoms with Crippen LogP contribution in [0.4, 0.5) is 30.6 Å². The van der Waals surface area contributed by atoms with E-state index in [2.05, 4.69) is 30.1 Å². The van der Waals surface area contributed by atoms with E-state index in [0.29, 0.717) is 17.5 Å². The Morgan fingerprint density at radius 2 is 1.61 bits per heavy atom. The monoisotopic (exact) mass is 481 g/mol. The largest absolute Gasteiger partial charge is 0.573 e. The molecule has 3 aromatic rings. The minimum Gasteiger partial charge on any atom is -0.406 e. The highest BCUT2D eigenvalue weighted by Crippen LogP contribution is 2.24. The molecule has 1 heterocycles. The standard InChI is InChI=1S/C21H22F3N5O3S/c1-14-3-5-16(6-4-14)28-19-13-15(2)27-20(29-19)25-11-12-26-33(30,31)18-9-7-17(8-10-18)32-21(22,23)24/h3-10,13,26H,11-12H2,1-2H3,(H2,25,27,28,29). The molecule has 12 heteroatoms. The van der Waals surface area contributed by atoms with Crippen molar-refractivity contribution in [2.75, 3.05) is 23.7 Å². The molecule has 0 atom stereocenters. The molecule has 0 aliphatic carbocycles. The van der Waals surface area contributed by atoms with Crippen molar-refractivity contribution in [3.63, 3.8) is 0 Å². The Morgan fingerprint density at radius 3 is 2.24 bits per heavy atom. The molecule has 2 aromatic carbocycles. The Kier molecular flexibility index (Phi) is 7.39. The van der Waals surface area contributed by atoms with Crippen LogP contribution in [0.5, 0.6) is 5.75 Å². The zero-order chi connectivity index (χ0) is 24.1. The number of hydrogen-bond donors (Lipinski definition) is 3. The molecule has 3 rings (SSSR count). The first-order valence-electron chi connectivity index (χ1n) is 9.79. The van der Waals surface area contributed by atoms with Gasteiger partial charge in [-0.2, -0.15) is 4.98 Å². The van der Waals surface area contributed by atoms with Gasteiger partial charge in [-0.3, -0.25) is 0 Å². The summed E-state index contributed by atoms with van der Waals surface area (Å²) in [6.45, 7) is 3.98. The summed E-state index contributed by atoms with van der Waals surface area (Å²) in [6, 6.07) is 13.5. The molecule has 0 amide bonds. The molecular formula is C21H22F3N5O3S. The maximum absolute atomic E-state index is 12.3. The van der Waals surface area contributed by atoms with Crippen molar-refractivity contribution in [2.24, 2.45) is 0 Å². The maximum atomic E-state index is 12.3. The number of ether oxygens (including phenoxy) is 1. The van der Waals surface area contributed by atoms with Crippen molar-refractivity contribution in [3.05, 3.63) is 65.9 Å². The number of anilines is 3. The van der Waals surface area contributed by atoms with Crippen LogP contribution in [0.15, 0.2) is 59.5 Å². The second-order valence-corrected chi connectivity index (χ2v) is 8.82. The van der Waals surface area contributed by atoms with E-state index in [0.717, 1.165) is 35.5 Å². The molecule has 0 radical (unpaired) electrons. The minimum absolute atomic E-state index is 0.00115. The van der Waals surface area contributed by atoms with Gasteiger partial charge in [-0.15, -0.1) is 13.2 Å². The van der Waals surface area contributed by atoms with E-state index in [1.807, 2.05) is 38.1 Å². The summed E-state index contributed by atoms with van der Waals surface area (Å²) in [6.07, 6.45) is -4.85. The first-order chi connectivity index (χ1) is 15.5. The van der Waals surface area contributed by atoms with Crippen LogP contribution in [-0.2, 0) is 10.0 Å². The van der Waals surface area contributed by atoms with Crippen LogP contribution in [0, 0.1) is 13.8 Å². The van der Waals surface area contributed by atoms with Gasteiger partial charge < -0.3 is 15.4 Å². The van der Waals surface area contributed by atoms with Crippen molar-refractivity contribution >= 4 is 27.5 Å². The lowest BCUT2D eigenvalue weighted by atomic mass is 10.2. The number of hydrogen-bond acceptors (Lipinski definition) is 7. The van der Waals surface area contributed by atoms with Gasteiger partial charge in [-0.05, 0) is 50.2 Å². The Labute approximate surface area is 189 Å². The quantitative estimate of drug-likeness (QED) is 0.395. The number of nitrogens with zero attached hydrogens (tertiary/aromatic N) is 2. The van der Waals surface area contributed by atoms with E-state index in [4.69, 9.17) is 0 Å². The lowest BCUT2D eigenvalue weighted by Gasteiger charge is -2.12. The number of aryl methyl sites for hydroxylation is 2. The third-order valence-electron chi connectivity index (χ3n) is 4.25. The summed E-state index contributed by atoms with van der Waals surface area (Å²) in [7, 11) is -3.92. The number of benzene rings is 2. The van der Waals surface area contributed by atoms with E-state index in [9.17, 15) is 21.6 Å². The summed E-state index contributed by atoms with van der Waals surface area (Å²) < 4.78 is 67.4. The Balaban J connectivity index is 1.54. The van der Waals surface area contributed by atoms with Crippen LogP contribution in [0.3, 0.4) is 0 Å². The Bertz CT molecular complexity index is 1190. The first-order valence-corrected chi connectivity index (χ1v) is 11.3. The lowest BCUT2D eigenvalue weighted by molar-refractivity contribution is -0.274. The molecule has 0 bridgehead atoms. The molecule has 0 fully saturated rings. The van der Waals surface area contributed by atoms with Gasteiger partial charge in [0.1, 0.15) is 11.6 Å². The second kappa shape index (κ2) is 10.0. The third-order valence-corrected chi connectivity index (χ3v) is 5.72. The van der Waals surface area contributed by atoms with E-state index < -0.39 is 22.1 Å². The fraction of sp³-hybridized carbons (Fsp3) is 0.238. The Hall–Kier alpha value is -3.38. The summed E-state index contributed by atoms with van der Waals surface area (Å²) in [5.41, 5.74) is 2.71. The van der Waals surface area contributed by atoms with Crippen LogP contribution >= 0.6 is 0 Å². The van der Waals surface area contributed by atoms with E-state index in [1.165, 1.54) is 0 Å². The molecule has 0 aliphatic heterocycles. The van der Waals surface area contributed by atoms with Crippen molar-refractivity contribution in [1.82, 2.24) is 14.7 Å². The molecule has 1 aromatic heterocycles. The zero-order valence-electron chi connectivity index (χ0n) is 17.8. The van der Waals surface area contributed by atoms with Gasteiger partial charge in [0.15, 0.2) is 0 Å². The molecule has 33 heavy (non-hydrogen) atoms. The number of alkyl halides is 3. The molecule has 176 valence electrons. The molecule has 0 aliphatic rings. The van der Waals surface area contributed by atoms with Crippen molar-refractivity contribution in [3.8, 4) is 5.75 Å². The van der Waals surface area contributed by atoms with E-state index in [-0.39, 0.29) is 18.0 Å². The summed E-state index contributed by atoms with van der Waals surface area (Å²) >= 11 is 0. The Morgan fingerprint density at radius 1 is 0.939 bits per heavy atom. The normalized spacial score (nSPS) is 11.8. The van der Waals surface area contributed by atoms with E-state index in [1.54, 1.807) is 6.07 Å². The molecule has 8 nitrogen and oxygen atoms in total. The molecular weight excluding hydrogens is 459 g/mol. The predicted octanol–water partition coefficient (Wildman–Crippen LogP) is 4.13. The summed E-state index contributed by atoms with van der Waals surface area (Å²) in [5.74, 6) is 0.392. The number of halogens is 3. The average Bonchev–Trinajstić information content (AvgIpc) is 2.72. The number of rotatable bonds is 9. The second-order valence-electron chi connectivity index (χ2n) is 7.05. The number of nitrogens with one attached hydrogen (secondary N) is 3. The van der Waals surface area contributed by atoms with Crippen LogP contribution in [0.1, 0.15) is 11.3 Å². The fourth-order valence-electron chi connectivity index (χ4n) is 2.76. The minimum atomic E-state index is -4.85. The van der Waals surface area contributed by atoms with Crippen molar-refractivity contribution in [1.29, 1.82) is 0 Å². The molecule has 3 N–H and O–H groups in total. The van der Waals surface area contributed by atoms with Crippen LogP contribution in [-0.4, -0.2) is 37.8 Å². The van der Waals surface area contributed by atoms with Gasteiger partial charge in [0.2, 0.25) is 16.0 Å². The molecule has 0 saturated heterocycles. The smallest absolute Gasteiger partial charge is 0.406 e. The zero-order valence-corrected chi connectivity index (χ0v) is 18.6. The van der Waals surface area contributed by atoms with Gasteiger partial charge >= 0.3 is 6.36 Å². The van der Waals surface area contributed by atoms with Crippen molar-refractivity contribution in [2.45, 2.75) is 25.1 Å². The van der Waals surface area contributed by atoms with Gasteiger partial charge in [-0.25, -0.2) is 18.1 Å². The third kappa shape index (κ3) is 7.61. The average molecular weight is 482 g/mol. The van der Waals surface area contributed by atoms with Crippen LogP contribution in [0.2, 0.25) is 0 Å². The SMILES string of the molecule is Cc1ccc(Nc2cc(C)nc(NCCNS(=O)(=O)c3ccc(OC(F)(F)F)cc3)n2)cc1. The van der Waals surface area contributed by atoms with Crippen LogP contribution in [0.25, 0.3) is 0 Å². The van der Waals surface area contributed by atoms with E-state index >= 15 is 0 Å². The highest BCUT2D eigenvalue weighted by Gasteiger charge is 2.31. The predicted molar refractivity (Wildman–Crippen MR) is 118 cm³/mol. The van der Waals surface area contributed by atoms with Gasteiger partial charge in [-0.1, -0.05) is 17.7 Å². The first kappa shape index (κ1) is 24.3. The van der Waals surface area contributed by atoms with Crippen molar-refractivity contribution < 1.29 is 26.3 Å². The highest BCUT2D eigenvalue weighted by atomic mass is 32.2. The van der Waals surface area contributed by atoms with Crippen LogP contribution < -0.4 is 20.1 Å². The topological polar surface area (TPSA) is 105 Å². The molecule has 0 spiro atoms. The summed E-state index contributed by atoms with van der Waals surface area (Å²) in [5, 5.41) is 6.13. The fourth-order valence-corrected chi connectivity index (χ4v) is 3.79. The van der Waals surface area contributed by atoms with Gasteiger partial charge in [0.05, 0.1) is 4.90 Å². The lowest BCUT2D eigenvalue weighted by Crippen LogP contribution is -2.29. The van der Waals surface area contributed by atoms with Gasteiger partial charge in [0.25, 0.3) is 0 Å².